The Kier molecular flexibility index (Phi) is 5.49. The summed E-state index contributed by atoms with van der Waals surface area (Å²) in [6, 6.07) is 21.3. The molecule has 0 aliphatic heterocycles. The van der Waals surface area contributed by atoms with Crippen molar-refractivity contribution in [2.24, 2.45) is 0 Å². The Hall–Kier alpha value is -3.34. The topological polar surface area (TPSA) is 54.5 Å². The number of hydrogen-bond acceptors (Lipinski definition) is 4. The van der Waals surface area contributed by atoms with Crippen LogP contribution in [0.3, 0.4) is 0 Å². The zero-order valence-electron chi connectivity index (χ0n) is 14.8. The Balaban J connectivity index is 1.70. The SMILES string of the molecule is COc1ccc(NC(=O)c2cccc(N(C)Cc3ccccc3)c2)cn1. The molecule has 0 spiro atoms. The largest absolute Gasteiger partial charge is 0.481 e. The molecule has 5 heteroatoms. The number of benzene rings is 2. The zero-order valence-corrected chi connectivity index (χ0v) is 14.8. The smallest absolute Gasteiger partial charge is 0.255 e. The molecule has 0 atom stereocenters. The van der Waals surface area contributed by atoms with Gasteiger partial charge in [0.2, 0.25) is 5.88 Å². The van der Waals surface area contributed by atoms with Gasteiger partial charge >= 0.3 is 0 Å². The summed E-state index contributed by atoms with van der Waals surface area (Å²) >= 11 is 0. The minimum Gasteiger partial charge on any atom is -0.481 e. The number of amides is 1. The second-order valence-electron chi connectivity index (χ2n) is 5.94. The second kappa shape index (κ2) is 8.16. The van der Waals surface area contributed by atoms with Crippen LogP contribution in [0.2, 0.25) is 0 Å². The molecule has 0 aliphatic carbocycles. The molecule has 0 radical (unpaired) electrons. The maximum Gasteiger partial charge on any atom is 0.255 e. The molecule has 3 rings (SSSR count). The minimum atomic E-state index is -0.174. The van der Waals surface area contributed by atoms with Crippen LogP contribution >= 0.6 is 0 Å². The highest BCUT2D eigenvalue weighted by Crippen LogP contribution is 2.19. The van der Waals surface area contributed by atoms with E-state index < -0.39 is 0 Å². The third kappa shape index (κ3) is 4.39. The number of pyridine rings is 1. The second-order valence-corrected chi connectivity index (χ2v) is 5.94. The summed E-state index contributed by atoms with van der Waals surface area (Å²) < 4.78 is 5.02. The van der Waals surface area contributed by atoms with Gasteiger partial charge in [-0.3, -0.25) is 4.79 Å². The minimum absolute atomic E-state index is 0.174. The van der Waals surface area contributed by atoms with E-state index in [-0.39, 0.29) is 5.91 Å². The third-order valence-corrected chi connectivity index (χ3v) is 4.02. The van der Waals surface area contributed by atoms with Crippen LogP contribution in [-0.2, 0) is 6.54 Å². The van der Waals surface area contributed by atoms with Gasteiger partial charge in [-0.05, 0) is 29.8 Å². The summed E-state index contributed by atoms with van der Waals surface area (Å²) in [6.45, 7) is 0.772. The zero-order chi connectivity index (χ0) is 18.4. The van der Waals surface area contributed by atoms with Crippen LogP contribution in [0.1, 0.15) is 15.9 Å². The first-order valence-electron chi connectivity index (χ1n) is 8.32. The standard InChI is InChI=1S/C21H21N3O2/c1-24(15-16-7-4-3-5-8-16)19-10-6-9-17(13-19)21(25)23-18-11-12-20(26-2)22-14-18/h3-14H,15H2,1-2H3,(H,23,25). The lowest BCUT2D eigenvalue weighted by molar-refractivity contribution is 0.102. The summed E-state index contributed by atoms with van der Waals surface area (Å²) in [4.78, 5) is 18.7. The number of ether oxygens (including phenoxy) is 1. The molecule has 2 aromatic carbocycles. The van der Waals surface area contributed by atoms with Crippen molar-refractivity contribution in [3.63, 3.8) is 0 Å². The van der Waals surface area contributed by atoms with Gasteiger partial charge in [0.25, 0.3) is 5.91 Å². The van der Waals surface area contributed by atoms with Gasteiger partial charge in [0.15, 0.2) is 0 Å². The number of nitrogens with one attached hydrogen (secondary N) is 1. The lowest BCUT2D eigenvalue weighted by Crippen LogP contribution is -2.18. The predicted octanol–water partition coefficient (Wildman–Crippen LogP) is 3.98. The van der Waals surface area contributed by atoms with Gasteiger partial charge in [-0.1, -0.05) is 36.4 Å². The predicted molar refractivity (Wildman–Crippen MR) is 104 cm³/mol. The molecule has 0 fully saturated rings. The van der Waals surface area contributed by atoms with Gasteiger partial charge in [-0.15, -0.1) is 0 Å². The maximum absolute atomic E-state index is 12.5. The van der Waals surface area contributed by atoms with E-state index in [1.165, 1.54) is 5.56 Å². The molecule has 3 aromatic rings. The van der Waals surface area contributed by atoms with Crippen LogP contribution in [0.4, 0.5) is 11.4 Å². The number of rotatable bonds is 6. The van der Waals surface area contributed by atoms with Crippen molar-refractivity contribution in [2.45, 2.75) is 6.54 Å². The van der Waals surface area contributed by atoms with Crippen LogP contribution < -0.4 is 15.0 Å². The van der Waals surface area contributed by atoms with Crippen molar-refractivity contribution in [3.8, 4) is 5.88 Å². The first-order chi connectivity index (χ1) is 12.7. The molecule has 26 heavy (non-hydrogen) atoms. The van der Waals surface area contributed by atoms with Crippen molar-refractivity contribution in [3.05, 3.63) is 84.1 Å². The molecule has 0 aliphatic rings. The first-order valence-corrected chi connectivity index (χ1v) is 8.32. The molecule has 132 valence electrons. The van der Waals surface area contributed by atoms with E-state index in [0.717, 1.165) is 12.2 Å². The fourth-order valence-electron chi connectivity index (χ4n) is 2.61. The molecular formula is C21H21N3O2. The number of aromatic nitrogens is 1. The van der Waals surface area contributed by atoms with Gasteiger partial charge in [0.1, 0.15) is 0 Å². The van der Waals surface area contributed by atoms with Crippen molar-refractivity contribution in [1.82, 2.24) is 4.98 Å². The Bertz CT molecular complexity index is 864. The van der Waals surface area contributed by atoms with Crippen LogP contribution in [0.5, 0.6) is 5.88 Å². The number of hydrogen-bond donors (Lipinski definition) is 1. The molecule has 0 unspecified atom stereocenters. The van der Waals surface area contributed by atoms with Crippen molar-refractivity contribution < 1.29 is 9.53 Å². The van der Waals surface area contributed by atoms with Crippen LogP contribution in [-0.4, -0.2) is 25.0 Å². The van der Waals surface area contributed by atoms with Crippen LogP contribution in [0, 0.1) is 0 Å². The van der Waals surface area contributed by atoms with Gasteiger partial charge in [0, 0.05) is 30.9 Å². The molecule has 0 saturated heterocycles. The van der Waals surface area contributed by atoms with Crippen molar-refractivity contribution >= 4 is 17.3 Å². The average Bonchev–Trinajstić information content (AvgIpc) is 2.69. The van der Waals surface area contributed by atoms with Gasteiger partial charge in [-0.2, -0.15) is 0 Å². The fourth-order valence-corrected chi connectivity index (χ4v) is 2.61. The third-order valence-electron chi connectivity index (χ3n) is 4.02. The lowest BCUT2D eigenvalue weighted by atomic mass is 10.1. The molecule has 0 saturated carbocycles. The number of carbonyl (C=O) groups is 1. The summed E-state index contributed by atoms with van der Waals surface area (Å²) in [5.74, 6) is 0.333. The van der Waals surface area contributed by atoms with Crippen molar-refractivity contribution in [1.29, 1.82) is 0 Å². The molecule has 5 nitrogen and oxygen atoms in total. The number of carbonyl (C=O) groups excluding carboxylic acids is 1. The number of anilines is 2. The quantitative estimate of drug-likeness (QED) is 0.733. The summed E-state index contributed by atoms with van der Waals surface area (Å²) in [5, 5.41) is 2.85. The molecular weight excluding hydrogens is 326 g/mol. The highest BCUT2D eigenvalue weighted by Gasteiger charge is 2.09. The fraction of sp³-hybridized carbons (Fsp3) is 0.143. The number of nitrogens with zero attached hydrogens (tertiary/aromatic N) is 2. The summed E-state index contributed by atoms with van der Waals surface area (Å²) in [6.07, 6.45) is 1.57. The first kappa shape index (κ1) is 17.5. The van der Waals surface area contributed by atoms with Gasteiger partial charge in [0.05, 0.1) is 19.0 Å². The van der Waals surface area contributed by atoms with Gasteiger partial charge in [-0.25, -0.2) is 4.98 Å². The van der Waals surface area contributed by atoms with Crippen LogP contribution in [0.25, 0.3) is 0 Å². The maximum atomic E-state index is 12.5. The van der Waals surface area contributed by atoms with E-state index in [1.54, 1.807) is 31.5 Å². The molecule has 1 heterocycles. The van der Waals surface area contributed by atoms with E-state index in [1.807, 2.05) is 43.4 Å². The normalized spacial score (nSPS) is 10.2. The average molecular weight is 347 g/mol. The Morgan fingerprint density at radius 1 is 1.08 bits per heavy atom. The lowest BCUT2D eigenvalue weighted by Gasteiger charge is -2.20. The number of methoxy groups -OCH3 is 1. The molecule has 1 N–H and O–H groups in total. The van der Waals surface area contributed by atoms with E-state index >= 15 is 0 Å². The highest BCUT2D eigenvalue weighted by atomic mass is 16.5. The summed E-state index contributed by atoms with van der Waals surface area (Å²) in [7, 11) is 3.56. The molecule has 1 amide bonds. The summed E-state index contributed by atoms with van der Waals surface area (Å²) in [5.41, 5.74) is 3.42. The van der Waals surface area contributed by atoms with E-state index in [2.05, 4.69) is 27.3 Å². The molecule has 1 aromatic heterocycles. The van der Waals surface area contributed by atoms with Crippen LogP contribution in [0.15, 0.2) is 72.9 Å². The van der Waals surface area contributed by atoms with Gasteiger partial charge < -0.3 is 15.0 Å². The molecule has 0 bridgehead atoms. The van der Waals surface area contributed by atoms with E-state index in [0.29, 0.717) is 17.1 Å². The Morgan fingerprint density at radius 2 is 1.88 bits per heavy atom. The van der Waals surface area contributed by atoms with Crippen molar-refractivity contribution in [2.75, 3.05) is 24.4 Å². The highest BCUT2D eigenvalue weighted by molar-refractivity contribution is 6.04. The Labute approximate surface area is 153 Å². The van der Waals surface area contributed by atoms with E-state index in [4.69, 9.17) is 4.74 Å². The van der Waals surface area contributed by atoms with E-state index in [9.17, 15) is 4.79 Å². The Morgan fingerprint density at radius 3 is 2.58 bits per heavy atom. The monoisotopic (exact) mass is 347 g/mol.